The van der Waals surface area contributed by atoms with Crippen molar-refractivity contribution in [2.45, 2.75) is 149 Å². The van der Waals surface area contributed by atoms with Gasteiger partial charge in [0, 0.05) is 99.7 Å². The first kappa shape index (κ1) is 60.4. The molecule has 6 saturated heterocycles. The van der Waals surface area contributed by atoms with E-state index in [4.69, 9.17) is 50.0 Å². The fourth-order valence-corrected chi connectivity index (χ4v) is 55.4. The minimum Gasteiger partial charge on any atom is -0.393 e. The largest absolute Gasteiger partial charge is 0.486 e. The molecule has 0 amide bonds. The van der Waals surface area contributed by atoms with Crippen molar-refractivity contribution in [2.24, 2.45) is 0 Å². The number of hydrogen-bond acceptors (Lipinski definition) is 12. The van der Waals surface area contributed by atoms with Gasteiger partial charge in [0.1, 0.15) is 0 Å². The SMILES string of the molecule is FC(F)(F)CC[Si]12CO[Si]3(CCC(F)(F)F)O[Si]4(CCC(F)(F)F)O[Si]5(CCC(F)(F)F)CO[Si](CCC(F)(F)F)(O[Si](CCC(F)(F)F)(O1)O4)O[Si](CCC(F)(F)F)(O2)O[Si](CCC(F)(F)F)(O5)O3. The maximum Gasteiger partial charge on any atom is 0.486 e. The zero-order chi connectivity index (χ0) is 53.2. The number of fused-ring (bicyclic) bond motifs is 2. The van der Waals surface area contributed by atoms with E-state index in [9.17, 15) is 105 Å². The summed E-state index contributed by atoms with van der Waals surface area (Å²) in [4.78, 5) is 0. The van der Waals surface area contributed by atoms with Gasteiger partial charge in [-0.2, -0.15) is 105 Å². The molecule has 12 nitrogen and oxygen atoms in total. The molecule has 0 spiro atoms. The van der Waals surface area contributed by atoms with Crippen LogP contribution in [0.1, 0.15) is 51.4 Å². The molecule has 8 bridgehead atoms. The van der Waals surface area contributed by atoms with Gasteiger partial charge in [0.25, 0.3) is 0 Å². The van der Waals surface area contributed by atoms with Gasteiger partial charge in [0.05, 0.1) is 12.5 Å². The first-order valence-corrected chi connectivity index (χ1v) is 36.0. The van der Waals surface area contributed by atoms with Gasteiger partial charge in [-0.25, -0.2) is 0 Å². The maximum atomic E-state index is 14.3. The summed E-state index contributed by atoms with van der Waals surface area (Å²) in [6, 6.07) is -16.4. The fraction of sp³-hybridized carbons (Fsp3) is 1.00. The molecule has 412 valence electrons. The zero-order valence-electron chi connectivity index (χ0n) is 34.7. The van der Waals surface area contributed by atoms with Crippen LogP contribution in [0.2, 0.25) is 48.4 Å². The average molecular weight is 1220 g/mol. The van der Waals surface area contributed by atoms with E-state index in [2.05, 4.69) is 0 Å². The molecule has 6 rings (SSSR count). The number of alkyl halides is 24. The Labute approximate surface area is 386 Å². The molecule has 6 heterocycles. The first-order valence-electron chi connectivity index (χ1n) is 20.0. The van der Waals surface area contributed by atoms with Crippen LogP contribution in [0.4, 0.5) is 105 Å². The van der Waals surface area contributed by atoms with Crippen LogP contribution in [-0.2, 0) is 50.0 Å². The van der Waals surface area contributed by atoms with E-state index in [0.717, 1.165) is 0 Å². The normalized spacial score (nSPS) is 36.0. The topological polar surface area (TPSA) is 111 Å². The van der Waals surface area contributed by atoms with E-state index in [1.807, 2.05) is 0 Å². The molecular formula is C26H36F24O12Si8. The smallest absolute Gasteiger partial charge is 0.393 e. The minimum absolute atomic E-state index is 1.95. The van der Waals surface area contributed by atoms with Gasteiger partial charge in [-0.15, -0.1) is 0 Å². The number of halogens is 24. The van der Waals surface area contributed by atoms with Crippen LogP contribution < -0.4 is 0 Å². The van der Waals surface area contributed by atoms with Crippen LogP contribution in [-0.4, -0.2) is 132 Å². The highest BCUT2D eigenvalue weighted by Crippen LogP contribution is 2.54. The summed E-state index contributed by atoms with van der Waals surface area (Å²) >= 11 is 0. The standard InChI is InChI=1S/C26H36F24O12Si8/c27-19(28,29)1-9-63-17-51-65(11-3-21(33,34)35)59-69(15-7-25(45,46)47)55-64(10-2-20(30,31)32)18-52-66(12-4-22(36,37)38,57-67(53-63,61-69)13-5-23(39,40)41)58-68(54-63,14-6-24(42,43)44)62-70(56-64,60-65)16-8-26(48,49)50/h1-18H2. The minimum atomic E-state index is -6.72. The monoisotopic (exact) mass is 1220 g/mol. The summed E-state index contributed by atoms with van der Waals surface area (Å²) in [7, 11) is -52.4. The number of hydrogen-bond donors (Lipinski definition) is 0. The first-order chi connectivity index (χ1) is 31.1. The van der Waals surface area contributed by atoms with Gasteiger partial charge < -0.3 is 50.0 Å². The second-order valence-electron chi connectivity index (χ2n) is 16.4. The molecule has 6 aliphatic heterocycles. The maximum absolute atomic E-state index is 14.3. The molecule has 0 N–H and O–H groups in total. The van der Waals surface area contributed by atoms with Gasteiger partial charge in [-0.1, -0.05) is 0 Å². The fourth-order valence-electron chi connectivity index (χ4n) is 7.31. The molecule has 44 heteroatoms. The molecular weight excluding hydrogens is 1180 g/mol. The van der Waals surface area contributed by atoms with Crippen molar-refractivity contribution in [1.82, 2.24) is 0 Å². The molecule has 6 aliphatic rings. The van der Waals surface area contributed by atoms with E-state index in [0.29, 0.717) is 0 Å². The predicted molar refractivity (Wildman–Crippen MR) is 193 cm³/mol. The van der Waals surface area contributed by atoms with Crippen molar-refractivity contribution in [3.8, 4) is 0 Å². The molecule has 4 unspecified atom stereocenters. The van der Waals surface area contributed by atoms with Crippen LogP contribution in [0.5, 0.6) is 0 Å². The lowest BCUT2D eigenvalue weighted by Gasteiger charge is -2.54. The Kier molecular flexibility index (Phi) is 17.1. The molecule has 0 aliphatic carbocycles. The van der Waals surface area contributed by atoms with E-state index in [1.54, 1.807) is 0 Å². The van der Waals surface area contributed by atoms with Gasteiger partial charge in [-0.05, 0) is 0 Å². The highest BCUT2D eigenvalue weighted by Gasteiger charge is 2.80. The lowest BCUT2D eigenvalue weighted by molar-refractivity contribution is -0.135. The Morgan fingerprint density at radius 2 is 0.371 bits per heavy atom. The van der Waals surface area contributed by atoms with Crippen molar-refractivity contribution >= 4 is 69.9 Å². The highest BCUT2D eigenvalue weighted by molar-refractivity contribution is 7.00. The van der Waals surface area contributed by atoms with Crippen LogP contribution in [0.15, 0.2) is 0 Å². The van der Waals surface area contributed by atoms with E-state index in [-0.39, 0.29) is 0 Å². The van der Waals surface area contributed by atoms with Crippen molar-refractivity contribution in [3.63, 3.8) is 0 Å². The zero-order valence-corrected chi connectivity index (χ0v) is 42.7. The summed E-state index contributed by atoms with van der Waals surface area (Å²) in [5.74, 6) is 0. The van der Waals surface area contributed by atoms with Crippen molar-refractivity contribution < 1.29 is 155 Å². The molecule has 0 saturated carbocycles. The van der Waals surface area contributed by atoms with E-state index >= 15 is 0 Å². The van der Waals surface area contributed by atoms with Gasteiger partial charge >= 0.3 is 119 Å². The third-order valence-electron chi connectivity index (χ3n) is 10.1. The molecule has 70 heavy (non-hydrogen) atoms. The molecule has 4 atom stereocenters. The summed E-state index contributed by atoms with van der Waals surface area (Å²) in [6.07, 6.45) is -67.9. The van der Waals surface area contributed by atoms with Crippen molar-refractivity contribution in [3.05, 3.63) is 0 Å². The summed E-state index contributed by atoms with van der Waals surface area (Å²) < 4.78 is 413. The van der Waals surface area contributed by atoms with Crippen LogP contribution in [0.3, 0.4) is 0 Å². The second kappa shape index (κ2) is 19.9. The Balaban J connectivity index is 2.06. The van der Waals surface area contributed by atoms with E-state index < -0.39 is 232 Å². The summed E-state index contributed by atoms with van der Waals surface area (Å²) in [5.41, 5.74) is 0. The van der Waals surface area contributed by atoms with Gasteiger partial charge in [0.2, 0.25) is 0 Å². The van der Waals surface area contributed by atoms with E-state index in [1.165, 1.54) is 0 Å². The lowest BCUT2D eigenvalue weighted by atomic mass is 10.5. The quantitative estimate of drug-likeness (QED) is 0.108. The summed E-state index contributed by atoms with van der Waals surface area (Å²) in [5, 5.41) is 0. The van der Waals surface area contributed by atoms with Crippen molar-refractivity contribution in [1.29, 1.82) is 0 Å². The average Bonchev–Trinajstić information content (AvgIpc) is 3.26. The second-order valence-corrected chi connectivity index (χ2v) is 41.6. The Morgan fingerprint density at radius 1 is 0.214 bits per heavy atom. The van der Waals surface area contributed by atoms with Crippen molar-refractivity contribution in [2.75, 3.05) is 12.5 Å². The Hall–Kier alpha value is -0.425. The highest BCUT2D eigenvalue weighted by atomic mass is 28.6. The van der Waals surface area contributed by atoms with Gasteiger partial charge in [-0.3, -0.25) is 0 Å². The third-order valence-corrected chi connectivity index (χ3v) is 46.1. The van der Waals surface area contributed by atoms with Gasteiger partial charge in [0.15, 0.2) is 0 Å². The molecule has 6 fully saturated rings. The summed E-state index contributed by atoms with van der Waals surface area (Å²) in [6.45, 7) is 0. The Bertz CT molecular complexity index is 1520. The van der Waals surface area contributed by atoms with Crippen LogP contribution >= 0.6 is 0 Å². The Morgan fingerprint density at radius 3 is 0.557 bits per heavy atom. The van der Waals surface area contributed by atoms with Crippen LogP contribution in [0, 0.1) is 0 Å². The molecule has 0 aromatic carbocycles. The third kappa shape index (κ3) is 17.8. The number of rotatable bonds is 16. The lowest BCUT2D eigenvalue weighted by Crippen LogP contribution is -2.78. The molecule has 0 aromatic rings. The predicted octanol–water partition coefficient (Wildman–Crippen LogP) is 11.5. The molecule has 0 radical (unpaired) electrons. The van der Waals surface area contributed by atoms with Crippen LogP contribution in [0.25, 0.3) is 0 Å². The molecule has 0 aromatic heterocycles.